The Hall–Kier alpha value is -2.11. The molecule has 1 fully saturated rings. The third-order valence-corrected chi connectivity index (χ3v) is 6.25. The molecule has 2 aliphatic rings. The second-order valence-corrected chi connectivity index (χ2v) is 8.44. The minimum atomic E-state index is 0.0694. The van der Waals surface area contributed by atoms with Crippen LogP contribution in [0.5, 0.6) is 5.75 Å². The molecule has 4 rings (SSSR count). The van der Waals surface area contributed by atoms with Gasteiger partial charge in [0.05, 0.1) is 6.54 Å². The lowest BCUT2D eigenvalue weighted by atomic mass is 9.90. The highest BCUT2D eigenvalue weighted by molar-refractivity contribution is 6.30. The zero-order valence-corrected chi connectivity index (χ0v) is 17.6. The van der Waals surface area contributed by atoms with Crippen LogP contribution in [0.25, 0.3) is 0 Å². The maximum absolute atomic E-state index is 13.0. The molecular formula is C23H28ClN3O2. The molecule has 1 aromatic carbocycles. The van der Waals surface area contributed by atoms with E-state index in [1.807, 2.05) is 35.5 Å². The molecule has 1 amide bonds. The highest BCUT2D eigenvalue weighted by Crippen LogP contribution is 2.30. The van der Waals surface area contributed by atoms with Gasteiger partial charge in [0.15, 0.2) is 0 Å². The first kappa shape index (κ1) is 20.2. The van der Waals surface area contributed by atoms with Crippen molar-refractivity contribution < 1.29 is 9.53 Å². The van der Waals surface area contributed by atoms with Crippen molar-refractivity contribution in [3.63, 3.8) is 0 Å². The SMILES string of the molecule is CC[C@@H]1CN(CC(=O)N2CCC(c3ccncc3)CC2)Cc2ccc(Cl)cc2O1. The van der Waals surface area contributed by atoms with E-state index in [-0.39, 0.29) is 12.0 Å². The van der Waals surface area contributed by atoms with Gasteiger partial charge >= 0.3 is 0 Å². The van der Waals surface area contributed by atoms with E-state index < -0.39 is 0 Å². The van der Waals surface area contributed by atoms with Crippen molar-refractivity contribution >= 4 is 17.5 Å². The van der Waals surface area contributed by atoms with Gasteiger partial charge in [-0.1, -0.05) is 24.6 Å². The number of fused-ring (bicyclic) bond motifs is 1. The number of likely N-dealkylation sites (tertiary alicyclic amines) is 1. The Labute approximate surface area is 177 Å². The van der Waals surface area contributed by atoms with Gasteiger partial charge in [0.1, 0.15) is 11.9 Å². The number of carbonyl (C=O) groups is 1. The van der Waals surface area contributed by atoms with Gasteiger partial charge < -0.3 is 9.64 Å². The summed E-state index contributed by atoms with van der Waals surface area (Å²) in [6.07, 6.45) is 6.69. The number of amides is 1. The Morgan fingerprint density at radius 1 is 1.21 bits per heavy atom. The summed E-state index contributed by atoms with van der Waals surface area (Å²) < 4.78 is 6.15. The smallest absolute Gasteiger partial charge is 0.236 e. The van der Waals surface area contributed by atoms with E-state index in [4.69, 9.17) is 16.3 Å². The number of carbonyl (C=O) groups excluding carboxylic acids is 1. The number of nitrogens with zero attached hydrogens (tertiary/aromatic N) is 3. The Morgan fingerprint density at radius 2 is 1.97 bits per heavy atom. The zero-order chi connectivity index (χ0) is 20.2. The predicted octanol–water partition coefficient (Wildman–Crippen LogP) is 4.11. The Kier molecular flexibility index (Phi) is 6.36. The van der Waals surface area contributed by atoms with Gasteiger partial charge in [0.2, 0.25) is 5.91 Å². The third kappa shape index (κ3) is 4.90. The number of pyridine rings is 1. The summed E-state index contributed by atoms with van der Waals surface area (Å²) in [5, 5.41) is 0.681. The van der Waals surface area contributed by atoms with Crippen LogP contribution in [0.3, 0.4) is 0 Å². The number of ether oxygens (including phenoxy) is 1. The molecule has 0 radical (unpaired) electrons. The van der Waals surface area contributed by atoms with Gasteiger partial charge in [0, 0.05) is 49.2 Å². The number of halogens is 1. The number of benzene rings is 1. The largest absolute Gasteiger partial charge is 0.489 e. The lowest BCUT2D eigenvalue weighted by Gasteiger charge is -2.34. The summed E-state index contributed by atoms with van der Waals surface area (Å²) in [5.41, 5.74) is 2.42. The van der Waals surface area contributed by atoms with E-state index in [2.05, 4.69) is 28.9 Å². The summed E-state index contributed by atoms with van der Waals surface area (Å²) >= 11 is 6.14. The minimum Gasteiger partial charge on any atom is -0.489 e. The molecule has 1 atom stereocenters. The van der Waals surface area contributed by atoms with Crippen molar-refractivity contribution in [3.8, 4) is 5.75 Å². The van der Waals surface area contributed by atoms with E-state index in [0.29, 0.717) is 24.0 Å². The normalized spacial score (nSPS) is 20.6. The van der Waals surface area contributed by atoms with E-state index in [9.17, 15) is 4.79 Å². The van der Waals surface area contributed by atoms with Gasteiger partial charge in [-0.2, -0.15) is 0 Å². The molecule has 0 spiro atoms. The number of piperidine rings is 1. The molecule has 154 valence electrons. The molecule has 0 N–H and O–H groups in total. The molecule has 1 aromatic heterocycles. The van der Waals surface area contributed by atoms with Gasteiger partial charge in [0.25, 0.3) is 0 Å². The minimum absolute atomic E-state index is 0.0694. The molecule has 0 bridgehead atoms. The summed E-state index contributed by atoms with van der Waals surface area (Å²) in [7, 11) is 0. The van der Waals surface area contributed by atoms with Gasteiger partial charge in [-0.3, -0.25) is 14.7 Å². The van der Waals surface area contributed by atoms with Crippen LogP contribution in [-0.2, 0) is 11.3 Å². The van der Waals surface area contributed by atoms with Crippen LogP contribution in [0.1, 0.15) is 43.2 Å². The first-order valence-corrected chi connectivity index (χ1v) is 10.8. The van der Waals surface area contributed by atoms with Crippen molar-refractivity contribution in [2.45, 2.75) is 44.8 Å². The molecule has 6 heteroatoms. The lowest BCUT2D eigenvalue weighted by Crippen LogP contribution is -2.45. The molecular weight excluding hydrogens is 386 g/mol. The Balaban J connectivity index is 1.37. The molecule has 0 unspecified atom stereocenters. The summed E-state index contributed by atoms with van der Waals surface area (Å²) in [5.74, 6) is 1.58. The second kappa shape index (κ2) is 9.14. The van der Waals surface area contributed by atoms with E-state index in [1.165, 1.54) is 5.56 Å². The van der Waals surface area contributed by atoms with Gasteiger partial charge in [-0.15, -0.1) is 0 Å². The van der Waals surface area contributed by atoms with Crippen LogP contribution in [0.2, 0.25) is 5.02 Å². The van der Waals surface area contributed by atoms with Gasteiger partial charge in [-0.25, -0.2) is 0 Å². The molecule has 3 heterocycles. The third-order valence-electron chi connectivity index (χ3n) is 6.02. The topological polar surface area (TPSA) is 45.7 Å². The maximum Gasteiger partial charge on any atom is 0.236 e. The van der Waals surface area contributed by atoms with Crippen LogP contribution in [0.15, 0.2) is 42.7 Å². The fourth-order valence-electron chi connectivity index (χ4n) is 4.30. The van der Waals surface area contributed by atoms with E-state index >= 15 is 0 Å². The summed E-state index contributed by atoms with van der Waals surface area (Å²) in [6.45, 7) is 5.65. The quantitative estimate of drug-likeness (QED) is 0.756. The monoisotopic (exact) mass is 413 g/mol. The molecule has 0 aliphatic carbocycles. The molecule has 5 nitrogen and oxygen atoms in total. The van der Waals surface area contributed by atoms with Crippen LogP contribution < -0.4 is 4.74 Å². The fraction of sp³-hybridized carbons (Fsp3) is 0.478. The number of aromatic nitrogens is 1. The average molecular weight is 414 g/mol. The number of hydrogen-bond donors (Lipinski definition) is 0. The highest BCUT2D eigenvalue weighted by Gasteiger charge is 2.28. The van der Waals surface area contributed by atoms with E-state index in [0.717, 1.165) is 50.2 Å². The van der Waals surface area contributed by atoms with Crippen LogP contribution in [-0.4, -0.2) is 53.0 Å². The molecule has 0 saturated carbocycles. The fourth-order valence-corrected chi connectivity index (χ4v) is 4.46. The second-order valence-electron chi connectivity index (χ2n) is 8.01. The molecule has 2 aliphatic heterocycles. The summed E-state index contributed by atoms with van der Waals surface area (Å²) in [6, 6.07) is 9.96. The maximum atomic E-state index is 13.0. The first-order chi connectivity index (χ1) is 14.1. The van der Waals surface area contributed by atoms with Crippen molar-refractivity contribution in [3.05, 3.63) is 58.9 Å². The number of hydrogen-bond acceptors (Lipinski definition) is 4. The highest BCUT2D eigenvalue weighted by atomic mass is 35.5. The lowest BCUT2D eigenvalue weighted by molar-refractivity contribution is -0.133. The first-order valence-electron chi connectivity index (χ1n) is 10.5. The van der Waals surface area contributed by atoms with Crippen LogP contribution >= 0.6 is 11.6 Å². The van der Waals surface area contributed by atoms with Gasteiger partial charge in [-0.05, 0) is 55.0 Å². The molecule has 29 heavy (non-hydrogen) atoms. The summed E-state index contributed by atoms with van der Waals surface area (Å²) in [4.78, 5) is 21.3. The molecule has 1 saturated heterocycles. The van der Waals surface area contributed by atoms with Crippen molar-refractivity contribution in [1.82, 2.24) is 14.8 Å². The molecule has 2 aromatic rings. The van der Waals surface area contributed by atoms with Crippen LogP contribution in [0.4, 0.5) is 0 Å². The van der Waals surface area contributed by atoms with Crippen molar-refractivity contribution in [2.24, 2.45) is 0 Å². The van der Waals surface area contributed by atoms with Crippen molar-refractivity contribution in [2.75, 3.05) is 26.2 Å². The predicted molar refractivity (Wildman–Crippen MR) is 114 cm³/mol. The zero-order valence-electron chi connectivity index (χ0n) is 16.9. The average Bonchev–Trinajstić information content (AvgIpc) is 2.92. The van der Waals surface area contributed by atoms with E-state index in [1.54, 1.807) is 0 Å². The number of rotatable bonds is 4. The Morgan fingerprint density at radius 3 is 2.69 bits per heavy atom. The van der Waals surface area contributed by atoms with Crippen LogP contribution in [0, 0.1) is 0 Å². The van der Waals surface area contributed by atoms with Crippen molar-refractivity contribution in [1.29, 1.82) is 0 Å². The standard InChI is InChI=1S/C23H28ClN3O2/c1-2-21-15-26(14-19-3-4-20(24)13-22(19)29-21)16-23(28)27-11-7-18(8-12-27)17-5-9-25-10-6-17/h3-6,9-10,13,18,21H,2,7-8,11-12,14-16H2,1H3/t21-/m1/s1. The Bertz CT molecular complexity index is 837.